The topological polar surface area (TPSA) is 203 Å². The van der Waals surface area contributed by atoms with Gasteiger partial charge in [0.1, 0.15) is 11.9 Å². The van der Waals surface area contributed by atoms with Crippen LogP contribution in [0, 0.1) is 34.5 Å². The molecule has 4 aromatic rings. The minimum atomic E-state index is -4.83. The van der Waals surface area contributed by atoms with Crippen molar-refractivity contribution >= 4 is 29.6 Å². The average molecular weight is 1060 g/mol. The number of methoxy groups -OCH3 is 2. The maximum Gasteiger partial charge on any atom is 0.407 e. The highest BCUT2D eigenvalue weighted by Crippen LogP contribution is 2.42. The molecule has 410 valence electrons. The molecule has 2 bridgehead atoms. The van der Waals surface area contributed by atoms with E-state index in [1.807, 2.05) is 92.3 Å². The van der Waals surface area contributed by atoms with Gasteiger partial charge in [0.05, 0.1) is 69.6 Å². The van der Waals surface area contributed by atoms with Gasteiger partial charge < -0.3 is 40.6 Å². The molecule has 4 fully saturated rings. The lowest BCUT2D eigenvalue weighted by Crippen LogP contribution is -2.62. The highest BCUT2D eigenvalue weighted by Gasteiger charge is 2.55. The molecule has 0 radical (unpaired) electrons. The summed E-state index contributed by atoms with van der Waals surface area (Å²) in [7, 11) is 2.31. The molecule has 2 aromatic heterocycles. The second-order valence-electron chi connectivity index (χ2n) is 22.1. The molecule has 4 aliphatic rings. The first-order chi connectivity index (χ1) is 36.0. The Hall–Kier alpha value is -6.33. The molecule has 8 rings (SSSR count). The van der Waals surface area contributed by atoms with Crippen LogP contribution in [0.5, 0.6) is 0 Å². The highest BCUT2D eigenvalue weighted by molar-refractivity contribution is 5.88. The predicted octanol–water partition coefficient (Wildman–Crippen LogP) is 7.01. The van der Waals surface area contributed by atoms with Crippen molar-refractivity contribution in [2.75, 3.05) is 52.0 Å². The molecular weight excluding hydrogens is 982 g/mol. The van der Waals surface area contributed by atoms with Crippen molar-refractivity contribution in [3.63, 3.8) is 0 Å². The number of Topliss-reactive ketones (excluding diaryl/α,β-unsaturated/α-hetero) is 1. The van der Waals surface area contributed by atoms with E-state index in [9.17, 15) is 37.5 Å². The summed E-state index contributed by atoms with van der Waals surface area (Å²) in [6, 6.07) is 19.5. The van der Waals surface area contributed by atoms with Crippen molar-refractivity contribution in [2.24, 2.45) is 28.4 Å². The van der Waals surface area contributed by atoms with Gasteiger partial charge in [-0.05, 0) is 98.2 Å². The van der Waals surface area contributed by atoms with Crippen molar-refractivity contribution in [1.29, 1.82) is 0 Å². The molecule has 2 amide bonds. The number of nitrogens with zero attached hydrogens (tertiary/aromatic N) is 5. The van der Waals surface area contributed by atoms with Crippen molar-refractivity contribution in [3.05, 3.63) is 102 Å². The molecule has 6 atom stereocenters. The monoisotopic (exact) mass is 1050 g/mol. The Kier molecular flexibility index (Phi) is 18.7. The molecule has 1 saturated carbocycles. The van der Waals surface area contributed by atoms with Gasteiger partial charge in [0, 0.05) is 73.8 Å². The second-order valence-corrected chi connectivity index (χ2v) is 22.1. The molecule has 2 aromatic carbocycles. The lowest BCUT2D eigenvalue weighted by atomic mass is 9.77. The van der Waals surface area contributed by atoms with Crippen LogP contribution in [0.3, 0.4) is 0 Å². The van der Waals surface area contributed by atoms with Crippen LogP contribution in [0.25, 0.3) is 11.1 Å². The Morgan fingerprint density at radius 1 is 0.803 bits per heavy atom. The van der Waals surface area contributed by atoms with Crippen LogP contribution in [0.15, 0.2) is 79.3 Å². The number of hydrogen-bond acceptors (Lipinski definition) is 13. The summed E-state index contributed by atoms with van der Waals surface area (Å²) in [6.07, 6.45) is 3.11. The third-order valence-corrected chi connectivity index (χ3v) is 15.2. The van der Waals surface area contributed by atoms with E-state index in [0.717, 1.165) is 99.3 Å². The van der Waals surface area contributed by atoms with E-state index in [-0.39, 0.29) is 24.8 Å². The number of alkyl carbamates (subject to hydrolysis) is 1. The zero-order valence-corrected chi connectivity index (χ0v) is 44.6. The van der Waals surface area contributed by atoms with Gasteiger partial charge in [0.2, 0.25) is 5.91 Å². The number of anilines is 1. The Labute approximate surface area is 443 Å². The number of nitrogens with one attached hydrogen (secondary N) is 2. The van der Waals surface area contributed by atoms with E-state index in [2.05, 4.69) is 53.0 Å². The summed E-state index contributed by atoms with van der Waals surface area (Å²) in [5.74, 6) is 4.33. The number of esters is 1. The van der Waals surface area contributed by atoms with Crippen molar-refractivity contribution in [1.82, 2.24) is 30.3 Å². The van der Waals surface area contributed by atoms with Crippen LogP contribution in [-0.2, 0) is 41.6 Å². The summed E-state index contributed by atoms with van der Waals surface area (Å²) in [5.41, 5.74) is 7.57. The molecule has 3 saturated heterocycles. The first kappa shape index (κ1) is 57.4. The number of carbonyl (C=O) groups is 4. The van der Waals surface area contributed by atoms with E-state index < -0.39 is 65.7 Å². The molecule has 3 aliphatic heterocycles. The van der Waals surface area contributed by atoms with Crippen LogP contribution in [0.2, 0.25) is 0 Å². The second kappa shape index (κ2) is 24.8. The van der Waals surface area contributed by atoms with Gasteiger partial charge in [-0.15, -0.1) is 0 Å². The summed E-state index contributed by atoms with van der Waals surface area (Å²) >= 11 is 0. The quantitative estimate of drug-likeness (QED) is 0.0552. The zero-order chi connectivity index (χ0) is 55.0. The largest absolute Gasteiger partial charge is 0.469 e. The molecule has 76 heavy (non-hydrogen) atoms. The van der Waals surface area contributed by atoms with Crippen LogP contribution < -0.4 is 21.3 Å². The Balaban J connectivity index is 0.000000571. The normalized spacial score (nSPS) is 19.4. The van der Waals surface area contributed by atoms with Crippen molar-refractivity contribution < 1.29 is 51.7 Å². The average Bonchev–Trinajstić information content (AvgIpc) is 4.05. The fourth-order valence-corrected chi connectivity index (χ4v) is 10.1. The number of fused-ring (bicyclic) bond motifs is 2. The molecule has 1 aliphatic carbocycles. The van der Waals surface area contributed by atoms with E-state index >= 15 is 0 Å². The molecule has 5 heterocycles. The maximum atomic E-state index is 14.3. The number of rotatable bonds is 19. The van der Waals surface area contributed by atoms with Crippen LogP contribution in [0.1, 0.15) is 101 Å². The number of pyridine rings is 1. The number of carbonyl (C=O) groups excluding carboxylic acids is 4. The van der Waals surface area contributed by atoms with Gasteiger partial charge in [-0.25, -0.2) is 9.78 Å². The van der Waals surface area contributed by atoms with Crippen LogP contribution >= 0.6 is 0 Å². The highest BCUT2D eigenvalue weighted by atomic mass is 19.4. The van der Waals surface area contributed by atoms with E-state index in [1.54, 1.807) is 6.20 Å². The molecule has 16 nitrogen and oxygen atoms in total. The predicted molar refractivity (Wildman–Crippen MR) is 281 cm³/mol. The third-order valence-electron chi connectivity index (χ3n) is 15.2. The summed E-state index contributed by atoms with van der Waals surface area (Å²) in [6.45, 7) is 11.4. The van der Waals surface area contributed by atoms with Gasteiger partial charge in [-0.2, -0.15) is 18.3 Å². The fraction of sp³-hybridized carbons (Fsp3) is 0.544. The number of hydrogen-bond donors (Lipinski definition) is 4. The van der Waals surface area contributed by atoms with Gasteiger partial charge in [0.15, 0.2) is 5.78 Å². The molecular formula is C57H73F3N8O8. The van der Waals surface area contributed by atoms with E-state index in [4.69, 9.17) is 15.5 Å². The van der Waals surface area contributed by atoms with E-state index in [0.29, 0.717) is 30.7 Å². The number of piperazine rings is 1. The zero-order valence-electron chi connectivity index (χ0n) is 44.6. The number of halogens is 3. The maximum absolute atomic E-state index is 14.3. The fourth-order valence-electron chi connectivity index (χ4n) is 10.1. The number of aromatic nitrogens is 3. The minimum absolute atomic E-state index is 0.0509. The van der Waals surface area contributed by atoms with Gasteiger partial charge in [-0.1, -0.05) is 69.0 Å². The number of primary amides is 1. The number of amides is 2. The number of aliphatic hydroxyl groups is 1. The summed E-state index contributed by atoms with van der Waals surface area (Å²) in [5, 5.41) is 21.4. The molecule has 2 unspecified atom stereocenters. The van der Waals surface area contributed by atoms with Gasteiger partial charge in [-0.3, -0.25) is 24.0 Å². The Bertz CT molecular complexity index is 2660. The van der Waals surface area contributed by atoms with Gasteiger partial charge >= 0.3 is 18.2 Å². The third kappa shape index (κ3) is 14.8. The van der Waals surface area contributed by atoms with Crippen LogP contribution in [-0.4, -0.2) is 132 Å². The summed E-state index contributed by atoms with van der Waals surface area (Å²) < 4.78 is 59.4. The minimum Gasteiger partial charge on any atom is -0.469 e. The van der Waals surface area contributed by atoms with E-state index in [1.165, 1.54) is 20.0 Å². The Morgan fingerprint density at radius 2 is 1.42 bits per heavy atom. The molecule has 19 heteroatoms. The number of ketones is 1. The number of aliphatic hydroxyl groups excluding tert-OH is 1. The first-order valence-corrected chi connectivity index (χ1v) is 26.0. The molecule has 5 N–H and O–H groups in total. The van der Waals surface area contributed by atoms with Crippen molar-refractivity contribution in [3.8, 4) is 23.0 Å². The lowest BCUT2D eigenvalue weighted by Gasteiger charge is -2.47. The lowest BCUT2D eigenvalue weighted by molar-refractivity contribution is -0.220. The van der Waals surface area contributed by atoms with Gasteiger partial charge in [0.25, 0.3) is 0 Å². The number of nitrogens with two attached hydrogens (primary N) is 1. The molecule has 0 spiro atoms. The Morgan fingerprint density at radius 3 is 1.96 bits per heavy atom. The summed E-state index contributed by atoms with van der Waals surface area (Å²) in [4.78, 5) is 57.8. The standard InChI is InChI=1S/C48H56F3N7O5.C9H17NO3/c1-47(2,48(49,50)51)45(55-46(61)62-3)42(59)21-36(43(60)25-52-22-33-10-13-35(14-11-33)37-24-54-57(26-37)38-15-16-38)20-32-7-4-31(5-8-32)6-9-34-12-19-44(53-23-34)56-27-39-17-18-40(28-56)58(39)41-29-63-30-41;1-9(2,3)6(8(10)12)5-7(11)13-4/h4-5,7-8,10-14,19,23-24,26,36,38-41,43,45,52,60H,15-18,20-22,25,27-30H2,1-3H3,(H,55,61);6H,5H2,1-4H3,(H2,10,12)/t36-,39?,40?,43+,45-;6-/m11/s1. The number of benzene rings is 2. The van der Waals surface area contributed by atoms with Crippen LogP contribution in [0.4, 0.5) is 23.8 Å². The first-order valence-electron chi connectivity index (χ1n) is 26.0. The van der Waals surface area contributed by atoms with Crippen molar-refractivity contribution in [2.45, 2.75) is 129 Å². The number of ether oxygens (including phenoxy) is 3. The number of alkyl halides is 3. The smallest absolute Gasteiger partial charge is 0.407 e. The SMILES string of the molecule is COC(=O)C[C@H](C(N)=O)C(C)(C)C.COC(=O)N[C@H](C(=O)C[C@@H](Cc1ccc(C#Cc2ccc(N3CC4CCC(C3)N4C3COC3)nc2)cc1)[C@@H](O)CNCc1ccc(-c2cnn(C3CC3)c2)cc1)C(C)(C)C(F)(F)F.